The molecule has 2 nitrogen and oxygen atoms in total. The summed E-state index contributed by atoms with van der Waals surface area (Å²) in [5.74, 6) is 0. The van der Waals surface area contributed by atoms with E-state index in [9.17, 15) is 0 Å². The highest BCUT2D eigenvalue weighted by molar-refractivity contribution is 6.10. The summed E-state index contributed by atoms with van der Waals surface area (Å²) < 4.78 is 2.39. The van der Waals surface area contributed by atoms with Gasteiger partial charge in [-0.3, -0.25) is 0 Å². The van der Waals surface area contributed by atoms with Crippen LogP contribution in [0, 0.1) is 0 Å². The summed E-state index contributed by atoms with van der Waals surface area (Å²) in [6.07, 6.45) is 0. The summed E-state index contributed by atoms with van der Waals surface area (Å²) in [5, 5.41) is 7.49. The first-order valence-electron chi connectivity index (χ1n) is 22.0. The maximum Gasteiger partial charge on any atom is 0.0541 e. The third-order valence-electron chi connectivity index (χ3n) is 12.8. The highest BCUT2D eigenvalue weighted by Gasteiger charge is 2.17. The number of nitrogens with zero attached hydrogens (tertiary/aromatic N) is 2. The Labute approximate surface area is 373 Å². The summed E-state index contributed by atoms with van der Waals surface area (Å²) in [5.41, 5.74) is 16.5. The molecule has 0 fully saturated rings. The minimum absolute atomic E-state index is 1.09. The molecule has 11 aromatic carbocycles. The van der Waals surface area contributed by atoms with Crippen molar-refractivity contribution in [2.75, 3.05) is 4.90 Å². The van der Waals surface area contributed by atoms with Crippen molar-refractivity contribution in [2.45, 2.75) is 0 Å². The summed E-state index contributed by atoms with van der Waals surface area (Å²) in [6, 6.07) is 92.6. The Morgan fingerprint density at radius 2 is 0.656 bits per heavy atom. The topological polar surface area (TPSA) is 8.17 Å². The van der Waals surface area contributed by atoms with Crippen molar-refractivity contribution >= 4 is 60.4 Å². The Hall–Kier alpha value is -8.46. The lowest BCUT2D eigenvalue weighted by atomic mass is 9.97. The minimum Gasteiger partial charge on any atom is -0.311 e. The van der Waals surface area contributed by atoms with Crippen LogP contribution in [0.5, 0.6) is 0 Å². The van der Waals surface area contributed by atoms with Gasteiger partial charge < -0.3 is 9.47 Å². The molecule has 0 radical (unpaired) electrons. The average Bonchev–Trinajstić information content (AvgIpc) is 3.71. The van der Waals surface area contributed by atoms with Crippen molar-refractivity contribution in [3.63, 3.8) is 0 Å². The van der Waals surface area contributed by atoms with Gasteiger partial charge in [-0.25, -0.2) is 0 Å². The Balaban J connectivity index is 0.915. The first-order valence-corrected chi connectivity index (χ1v) is 22.0. The second-order valence-electron chi connectivity index (χ2n) is 16.5. The van der Waals surface area contributed by atoms with Crippen molar-refractivity contribution in [1.29, 1.82) is 0 Å². The summed E-state index contributed by atoms with van der Waals surface area (Å²) in [7, 11) is 0. The zero-order valence-electron chi connectivity index (χ0n) is 35.1. The van der Waals surface area contributed by atoms with E-state index in [2.05, 4.69) is 264 Å². The van der Waals surface area contributed by atoms with Crippen LogP contribution in [-0.2, 0) is 0 Å². The van der Waals surface area contributed by atoms with Crippen molar-refractivity contribution in [1.82, 2.24) is 4.57 Å². The van der Waals surface area contributed by atoms with E-state index in [1.54, 1.807) is 0 Å². The quantitative estimate of drug-likeness (QED) is 0.148. The fraction of sp³-hybridized carbons (Fsp3) is 0. The normalized spacial score (nSPS) is 11.4. The molecule has 1 heterocycles. The SMILES string of the molecule is c1ccc(-c2ccc(-n3c4ccccc4c4cc(-c5ccc(N(c6ccc(-c7cccc8ccccc78)cc6)c6ccc(-c7cccc8ccccc78)cc6)cc5)ccc43)cc2)cc1. The first kappa shape index (κ1) is 37.3. The molecule has 0 amide bonds. The van der Waals surface area contributed by atoms with Crippen LogP contribution >= 0.6 is 0 Å². The molecule has 1 aromatic heterocycles. The van der Waals surface area contributed by atoms with Crippen molar-refractivity contribution < 1.29 is 0 Å². The number of para-hydroxylation sites is 1. The Bertz CT molecular complexity index is 3490. The van der Waals surface area contributed by atoms with Crippen molar-refractivity contribution in [2.24, 2.45) is 0 Å². The van der Waals surface area contributed by atoms with Gasteiger partial charge in [0, 0.05) is 33.5 Å². The lowest BCUT2D eigenvalue weighted by molar-refractivity contribution is 1.18. The smallest absolute Gasteiger partial charge is 0.0541 e. The lowest BCUT2D eigenvalue weighted by Gasteiger charge is -2.26. The van der Waals surface area contributed by atoms with Gasteiger partial charge in [-0.1, -0.05) is 188 Å². The number of benzene rings is 11. The molecule has 2 heteroatoms. The summed E-state index contributed by atoms with van der Waals surface area (Å²) >= 11 is 0. The van der Waals surface area contributed by atoms with E-state index in [1.165, 1.54) is 87.9 Å². The van der Waals surface area contributed by atoms with Gasteiger partial charge in [-0.05, 0) is 133 Å². The molecule has 0 atom stereocenters. The summed E-state index contributed by atoms with van der Waals surface area (Å²) in [6.45, 7) is 0. The van der Waals surface area contributed by atoms with E-state index in [4.69, 9.17) is 0 Å². The molecule has 0 N–H and O–H groups in total. The second kappa shape index (κ2) is 15.8. The molecule has 0 aliphatic heterocycles. The van der Waals surface area contributed by atoms with Gasteiger partial charge in [0.1, 0.15) is 0 Å². The van der Waals surface area contributed by atoms with Crippen LogP contribution in [0.3, 0.4) is 0 Å². The molecule has 12 aromatic rings. The predicted octanol–water partition coefficient (Wildman–Crippen LogP) is 17.2. The van der Waals surface area contributed by atoms with E-state index in [1.807, 2.05) is 0 Å². The molecule has 0 bridgehead atoms. The highest BCUT2D eigenvalue weighted by atomic mass is 15.1. The van der Waals surface area contributed by atoms with Crippen LogP contribution in [0.15, 0.2) is 255 Å². The van der Waals surface area contributed by atoms with Gasteiger partial charge in [-0.2, -0.15) is 0 Å². The largest absolute Gasteiger partial charge is 0.311 e. The summed E-state index contributed by atoms with van der Waals surface area (Å²) in [4.78, 5) is 2.36. The predicted molar refractivity (Wildman–Crippen MR) is 272 cm³/mol. The number of rotatable bonds is 8. The van der Waals surface area contributed by atoms with Gasteiger partial charge in [-0.15, -0.1) is 0 Å². The van der Waals surface area contributed by atoms with Gasteiger partial charge in [0.05, 0.1) is 11.0 Å². The van der Waals surface area contributed by atoms with Gasteiger partial charge in [0.2, 0.25) is 0 Å². The first-order chi connectivity index (χ1) is 31.7. The maximum atomic E-state index is 2.39. The Morgan fingerprint density at radius 3 is 1.23 bits per heavy atom. The van der Waals surface area contributed by atoms with Gasteiger partial charge in [0.25, 0.3) is 0 Å². The third kappa shape index (κ3) is 6.61. The maximum absolute atomic E-state index is 2.39. The molecule has 0 spiro atoms. The van der Waals surface area contributed by atoms with E-state index in [-0.39, 0.29) is 0 Å². The van der Waals surface area contributed by atoms with Crippen molar-refractivity contribution in [3.05, 3.63) is 255 Å². The molecule has 64 heavy (non-hydrogen) atoms. The molecule has 0 saturated carbocycles. The van der Waals surface area contributed by atoms with E-state index < -0.39 is 0 Å². The fourth-order valence-electron chi connectivity index (χ4n) is 9.65. The number of hydrogen-bond donors (Lipinski definition) is 0. The van der Waals surface area contributed by atoms with Crippen LogP contribution in [0.1, 0.15) is 0 Å². The Kier molecular flexibility index (Phi) is 9.20. The van der Waals surface area contributed by atoms with Crippen LogP contribution in [0.2, 0.25) is 0 Å². The third-order valence-corrected chi connectivity index (χ3v) is 12.8. The van der Waals surface area contributed by atoms with Crippen LogP contribution in [0.4, 0.5) is 17.1 Å². The Morgan fingerprint density at radius 1 is 0.250 bits per heavy atom. The molecule has 0 saturated heterocycles. The average molecular weight is 815 g/mol. The number of hydrogen-bond acceptors (Lipinski definition) is 1. The zero-order valence-corrected chi connectivity index (χ0v) is 35.1. The number of fused-ring (bicyclic) bond motifs is 5. The number of anilines is 3. The van der Waals surface area contributed by atoms with Crippen LogP contribution < -0.4 is 4.90 Å². The monoisotopic (exact) mass is 814 g/mol. The molecule has 0 aliphatic carbocycles. The minimum atomic E-state index is 1.09. The number of aromatic nitrogens is 1. The molecule has 300 valence electrons. The molecular formula is C62H42N2. The van der Waals surface area contributed by atoms with E-state index in [0.29, 0.717) is 0 Å². The van der Waals surface area contributed by atoms with E-state index in [0.717, 1.165) is 22.7 Å². The van der Waals surface area contributed by atoms with Crippen LogP contribution in [-0.4, -0.2) is 4.57 Å². The van der Waals surface area contributed by atoms with Gasteiger partial charge >= 0.3 is 0 Å². The molecular weight excluding hydrogens is 773 g/mol. The van der Waals surface area contributed by atoms with Gasteiger partial charge in [0.15, 0.2) is 0 Å². The molecule has 12 rings (SSSR count). The highest BCUT2D eigenvalue weighted by Crippen LogP contribution is 2.41. The standard InChI is InChI=1S/C62H42N2/c1-2-12-43(13-3-1)44-24-35-54(36-25-44)64-61-23-9-8-20-59(61)60-42-50(32-41-62(60)64)45-26-33-51(34-27-45)63(52-37-28-48(29-38-52)57-21-10-16-46-14-4-6-18-55(46)57)53-39-30-49(31-40-53)58-22-11-17-47-15-5-7-19-56(47)58/h1-42H. The van der Waals surface area contributed by atoms with Crippen molar-refractivity contribution in [3.8, 4) is 50.2 Å². The molecule has 0 unspecified atom stereocenters. The lowest BCUT2D eigenvalue weighted by Crippen LogP contribution is -2.09. The zero-order chi connectivity index (χ0) is 42.4. The fourth-order valence-corrected chi connectivity index (χ4v) is 9.65. The molecule has 0 aliphatic rings. The van der Waals surface area contributed by atoms with Crippen LogP contribution in [0.25, 0.3) is 93.5 Å². The van der Waals surface area contributed by atoms with E-state index >= 15 is 0 Å². The second-order valence-corrected chi connectivity index (χ2v) is 16.5.